The summed E-state index contributed by atoms with van der Waals surface area (Å²) in [5.41, 5.74) is 5.67. The number of aromatic nitrogens is 3. The summed E-state index contributed by atoms with van der Waals surface area (Å²) in [6.07, 6.45) is 0.200. The zero-order valence-corrected chi connectivity index (χ0v) is 27.5. The molecule has 2 heterocycles. The van der Waals surface area contributed by atoms with E-state index in [0.29, 0.717) is 23.7 Å². The van der Waals surface area contributed by atoms with Crippen molar-refractivity contribution in [2.45, 2.75) is 46.0 Å². The van der Waals surface area contributed by atoms with Crippen LogP contribution in [0.15, 0.2) is 120 Å². The fraction of sp³-hybridized carbons (Fsp3) is 0.205. The number of carbonyl (C=O) groups is 1. The summed E-state index contributed by atoms with van der Waals surface area (Å²) in [7, 11) is 1.74. The largest absolute Gasteiger partial charge is 0.473 e. The van der Waals surface area contributed by atoms with Crippen molar-refractivity contribution in [3.05, 3.63) is 142 Å². The fourth-order valence-corrected chi connectivity index (χ4v) is 5.30. The number of benzene rings is 4. The Balaban J connectivity index is 1.27. The zero-order chi connectivity index (χ0) is 33.7. The maximum Gasteiger partial charge on any atom is 0.333 e. The Morgan fingerprint density at radius 2 is 1.35 bits per heavy atom. The van der Waals surface area contributed by atoms with Crippen LogP contribution in [-0.2, 0) is 36.2 Å². The first-order chi connectivity index (χ1) is 23.1. The number of hydrogen-bond acceptors (Lipinski definition) is 7. The van der Waals surface area contributed by atoms with Gasteiger partial charge in [-0.15, -0.1) is 0 Å². The lowest BCUT2D eigenvalue weighted by molar-refractivity contribution is -0.153. The van der Waals surface area contributed by atoms with E-state index < -0.39 is 5.60 Å². The zero-order valence-electron chi connectivity index (χ0n) is 27.5. The van der Waals surface area contributed by atoms with E-state index in [1.54, 1.807) is 28.3 Å². The number of anilines is 2. The van der Waals surface area contributed by atoms with Crippen LogP contribution in [-0.4, -0.2) is 25.7 Å². The van der Waals surface area contributed by atoms with Gasteiger partial charge in [-0.2, -0.15) is 4.98 Å². The van der Waals surface area contributed by atoms with E-state index in [2.05, 4.69) is 5.32 Å². The van der Waals surface area contributed by atoms with Crippen molar-refractivity contribution in [2.24, 2.45) is 7.05 Å². The van der Waals surface area contributed by atoms with Crippen LogP contribution in [0.2, 0.25) is 0 Å². The van der Waals surface area contributed by atoms with Gasteiger partial charge in [-0.05, 0) is 73.9 Å². The minimum Gasteiger partial charge on any atom is -0.473 e. The fourth-order valence-electron chi connectivity index (χ4n) is 5.30. The van der Waals surface area contributed by atoms with Crippen LogP contribution in [0.25, 0.3) is 16.7 Å². The number of imidazole rings is 1. The van der Waals surface area contributed by atoms with Gasteiger partial charge in [-0.1, -0.05) is 72.8 Å². The van der Waals surface area contributed by atoms with Gasteiger partial charge in [0.25, 0.3) is 0 Å². The summed E-state index contributed by atoms with van der Waals surface area (Å²) in [5.74, 6) is 0.410. The van der Waals surface area contributed by atoms with Crippen LogP contribution < -0.4 is 20.5 Å². The van der Waals surface area contributed by atoms with Gasteiger partial charge in [-0.3, -0.25) is 13.9 Å². The molecule has 1 N–H and O–H groups in total. The molecule has 0 fully saturated rings. The summed E-state index contributed by atoms with van der Waals surface area (Å²) in [6, 6.07) is 36.6. The Kier molecular flexibility index (Phi) is 9.29. The van der Waals surface area contributed by atoms with Crippen molar-refractivity contribution in [3.8, 4) is 17.4 Å². The summed E-state index contributed by atoms with van der Waals surface area (Å²) >= 11 is 0. The second-order valence-electron chi connectivity index (χ2n) is 12.5. The maximum atomic E-state index is 13.7. The number of nitrogens with one attached hydrogen (secondary N) is 1. The van der Waals surface area contributed by atoms with Gasteiger partial charge < -0.3 is 19.5 Å². The van der Waals surface area contributed by atoms with E-state index in [1.807, 2.05) is 124 Å². The lowest BCUT2D eigenvalue weighted by Gasteiger charge is -2.19. The van der Waals surface area contributed by atoms with Crippen molar-refractivity contribution in [1.29, 1.82) is 0 Å². The Labute approximate surface area is 279 Å². The first-order valence-corrected chi connectivity index (χ1v) is 15.8. The lowest BCUT2D eigenvalue weighted by Crippen LogP contribution is -2.24. The second kappa shape index (κ2) is 13.9. The first-order valence-electron chi connectivity index (χ1n) is 15.8. The summed E-state index contributed by atoms with van der Waals surface area (Å²) in [6.45, 7) is 6.18. The molecular weight excluding hydrogens is 604 g/mol. The highest BCUT2D eigenvalue weighted by Gasteiger charge is 2.19. The molecular formula is C39H38N4O5. The van der Waals surface area contributed by atoms with Gasteiger partial charge in [0.15, 0.2) is 0 Å². The van der Waals surface area contributed by atoms with Crippen LogP contribution in [0, 0.1) is 0 Å². The average Bonchev–Trinajstić information content (AvgIpc) is 3.32. The van der Waals surface area contributed by atoms with E-state index in [4.69, 9.17) is 19.2 Å². The number of rotatable bonds is 11. The van der Waals surface area contributed by atoms with Gasteiger partial charge in [0, 0.05) is 24.5 Å². The van der Waals surface area contributed by atoms with Crippen molar-refractivity contribution in [3.63, 3.8) is 0 Å². The van der Waals surface area contributed by atoms with Crippen molar-refractivity contribution in [1.82, 2.24) is 14.1 Å². The molecule has 48 heavy (non-hydrogen) atoms. The molecule has 0 aliphatic heterocycles. The summed E-state index contributed by atoms with van der Waals surface area (Å²) in [4.78, 5) is 30.7. The van der Waals surface area contributed by atoms with Gasteiger partial charge >= 0.3 is 11.7 Å². The number of carbonyl (C=O) groups excluding carboxylic acids is 1. The maximum absolute atomic E-state index is 13.7. The highest BCUT2D eigenvalue weighted by atomic mass is 16.6. The third kappa shape index (κ3) is 7.75. The van der Waals surface area contributed by atoms with Crippen LogP contribution in [0.3, 0.4) is 0 Å². The first kappa shape index (κ1) is 32.1. The van der Waals surface area contributed by atoms with Crippen LogP contribution in [0.5, 0.6) is 11.8 Å². The number of ether oxygens (including phenoxy) is 3. The molecule has 0 spiro atoms. The molecule has 6 aromatic rings. The molecule has 9 nitrogen and oxygen atoms in total. The van der Waals surface area contributed by atoms with E-state index in [-0.39, 0.29) is 30.6 Å². The highest BCUT2D eigenvalue weighted by Crippen LogP contribution is 2.29. The van der Waals surface area contributed by atoms with E-state index >= 15 is 0 Å². The van der Waals surface area contributed by atoms with Crippen LogP contribution >= 0.6 is 0 Å². The van der Waals surface area contributed by atoms with Crippen LogP contribution in [0.1, 0.15) is 37.5 Å². The molecule has 6 rings (SSSR count). The molecule has 9 heteroatoms. The van der Waals surface area contributed by atoms with Crippen molar-refractivity contribution < 1.29 is 19.0 Å². The number of esters is 1. The summed E-state index contributed by atoms with van der Waals surface area (Å²) < 4.78 is 20.9. The predicted octanol–water partition coefficient (Wildman–Crippen LogP) is 7.51. The molecule has 4 aromatic carbocycles. The smallest absolute Gasteiger partial charge is 0.333 e. The van der Waals surface area contributed by atoms with Crippen molar-refractivity contribution >= 4 is 28.4 Å². The summed E-state index contributed by atoms with van der Waals surface area (Å²) in [5, 5.41) is 3.40. The van der Waals surface area contributed by atoms with E-state index in [1.165, 1.54) is 0 Å². The monoisotopic (exact) mass is 642 g/mol. The Bertz CT molecular complexity index is 2080. The minimum absolute atomic E-state index is 0.200. The number of nitrogens with zero attached hydrogens (tertiary/aromatic N) is 3. The topological polar surface area (TPSA) is 96.6 Å². The standard InChI is InChI=1S/C39H38N4O5/c1-39(2,3)48-36(44)23-27-15-17-30(18-16-27)40-31-19-20-32-34(24-31)42(4)38(45)43(32)33-21-22-35(46-25-28-11-7-5-8-12-28)41-37(33)47-26-29-13-9-6-10-14-29/h5-22,24,40H,23,25-26H2,1-4H3. The lowest BCUT2D eigenvalue weighted by atomic mass is 10.1. The van der Waals surface area contributed by atoms with Gasteiger partial charge in [0.1, 0.15) is 24.5 Å². The van der Waals surface area contributed by atoms with E-state index in [9.17, 15) is 9.59 Å². The van der Waals surface area contributed by atoms with Gasteiger partial charge in [0.2, 0.25) is 11.8 Å². The molecule has 0 saturated carbocycles. The molecule has 0 amide bonds. The number of pyridine rings is 1. The minimum atomic E-state index is -0.524. The second-order valence-corrected chi connectivity index (χ2v) is 12.5. The van der Waals surface area contributed by atoms with Crippen molar-refractivity contribution in [2.75, 3.05) is 5.32 Å². The third-order valence-electron chi connectivity index (χ3n) is 7.57. The highest BCUT2D eigenvalue weighted by molar-refractivity contribution is 5.83. The predicted molar refractivity (Wildman–Crippen MR) is 187 cm³/mol. The Morgan fingerprint density at radius 1 is 0.729 bits per heavy atom. The Morgan fingerprint density at radius 3 is 2.00 bits per heavy atom. The molecule has 0 unspecified atom stereocenters. The SMILES string of the molecule is Cn1c(=O)n(-c2ccc(OCc3ccccc3)nc2OCc2ccccc2)c2ccc(Nc3ccc(CC(=O)OC(C)(C)C)cc3)cc21. The van der Waals surface area contributed by atoms with Gasteiger partial charge in [-0.25, -0.2) is 4.79 Å². The molecule has 244 valence electrons. The molecule has 0 aliphatic carbocycles. The van der Waals surface area contributed by atoms with Gasteiger partial charge in [0.05, 0.1) is 17.5 Å². The normalized spacial score (nSPS) is 11.3. The molecule has 0 atom stereocenters. The van der Waals surface area contributed by atoms with Crippen LogP contribution in [0.4, 0.5) is 11.4 Å². The number of aryl methyl sites for hydroxylation is 1. The Hall–Kier alpha value is -5.83. The number of fused-ring (bicyclic) bond motifs is 1. The molecule has 0 radical (unpaired) electrons. The molecule has 2 aromatic heterocycles. The average molecular weight is 643 g/mol. The molecule has 0 saturated heterocycles. The molecule has 0 aliphatic rings. The molecule has 0 bridgehead atoms. The quantitative estimate of drug-likeness (QED) is 0.146. The van der Waals surface area contributed by atoms with E-state index in [0.717, 1.165) is 33.6 Å². The number of hydrogen-bond donors (Lipinski definition) is 1. The third-order valence-corrected chi connectivity index (χ3v) is 7.57.